The van der Waals surface area contributed by atoms with E-state index >= 15 is 0 Å². The van der Waals surface area contributed by atoms with Gasteiger partial charge in [-0.15, -0.1) is 0 Å². The summed E-state index contributed by atoms with van der Waals surface area (Å²) < 4.78 is 5.71. The number of aliphatic hydroxyl groups is 4. The average molecular weight is 531 g/mol. The Morgan fingerprint density at radius 3 is 2.55 bits per heavy atom. The molecule has 5 unspecified atom stereocenters. The first kappa shape index (κ1) is 32.4. The molecule has 2 fully saturated rings. The van der Waals surface area contributed by atoms with Crippen molar-refractivity contribution in [3.63, 3.8) is 0 Å². The van der Waals surface area contributed by atoms with Gasteiger partial charge in [0.15, 0.2) is 0 Å². The van der Waals surface area contributed by atoms with Gasteiger partial charge in [-0.2, -0.15) is 0 Å². The lowest BCUT2D eigenvalue weighted by molar-refractivity contribution is -0.167. The third kappa shape index (κ3) is 7.64. The van der Waals surface area contributed by atoms with E-state index in [1.54, 1.807) is 0 Å². The van der Waals surface area contributed by atoms with Gasteiger partial charge in [0.2, 0.25) is 0 Å². The highest BCUT2D eigenvalue weighted by atomic mass is 16.5. The molecule has 214 valence electrons. The van der Waals surface area contributed by atoms with Crippen LogP contribution in [-0.2, 0) is 9.53 Å². The van der Waals surface area contributed by atoms with Crippen molar-refractivity contribution in [1.29, 1.82) is 0 Å². The number of aliphatic hydroxyl groups excluding tert-OH is 3. The quantitative estimate of drug-likeness (QED) is 0.0829. The van der Waals surface area contributed by atoms with Crippen LogP contribution in [0.25, 0.3) is 0 Å². The normalized spacial score (nSPS) is 31.2. The number of rotatable bonds is 14. The number of carbonyl (C=O) groups is 1. The first-order chi connectivity index (χ1) is 18.1. The van der Waals surface area contributed by atoms with E-state index < -0.39 is 17.1 Å². The zero-order chi connectivity index (χ0) is 28.3. The number of ether oxygens (including phenoxy) is 1. The number of aldehydes is 1. The highest BCUT2D eigenvalue weighted by molar-refractivity contribution is 5.74. The molecule has 0 heterocycles. The molecule has 0 aromatic carbocycles. The van der Waals surface area contributed by atoms with Crippen LogP contribution < -0.4 is 0 Å². The zero-order valence-electron chi connectivity index (χ0n) is 23.9. The summed E-state index contributed by atoms with van der Waals surface area (Å²) in [6.07, 6.45) is 13.4. The third-order valence-electron chi connectivity index (χ3n) is 8.68. The summed E-state index contributed by atoms with van der Waals surface area (Å²) in [5, 5.41) is 42.7. The zero-order valence-corrected chi connectivity index (χ0v) is 23.9. The molecule has 38 heavy (non-hydrogen) atoms. The first-order valence-corrected chi connectivity index (χ1v) is 14.1. The maximum atomic E-state index is 12.0. The van der Waals surface area contributed by atoms with Gasteiger partial charge in [0.25, 0.3) is 0 Å². The lowest BCUT2D eigenvalue weighted by atomic mass is 9.52. The third-order valence-corrected chi connectivity index (χ3v) is 8.68. The summed E-state index contributed by atoms with van der Waals surface area (Å²) in [5.41, 5.74) is 2.90. The Balaban J connectivity index is 2.42. The van der Waals surface area contributed by atoms with Crippen molar-refractivity contribution in [2.75, 3.05) is 26.4 Å². The lowest BCUT2D eigenvalue weighted by Gasteiger charge is -2.55. The van der Waals surface area contributed by atoms with Gasteiger partial charge in [0, 0.05) is 17.9 Å². The smallest absolute Gasteiger partial charge is 0.145 e. The summed E-state index contributed by atoms with van der Waals surface area (Å²) in [5.74, 6) is -0.440. The fraction of sp³-hybridized carbons (Fsp3) is 0.656. The van der Waals surface area contributed by atoms with Gasteiger partial charge in [0.1, 0.15) is 6.29 Å². The summed E-state index contributed by atoms with van der Waals surface area (Å²) in [4.78, 5) is 11.8. The van der Waals surface area contributed by atoms with Gasteiger partial charge in [-0.25, -0.2) is 0 Å². The molecule has 0 radical (unpaired) electrons. The fourth-order valence-electron chi connectivity index (χ4n) is 6.63. The number of allylic oxidation sites excluding steroid dienone is 8. The largest absolute Gasteiger partial charge is 0.396 e. The number of carbonyl (C=O) groups excluding carboxylic acids is 1. The average Bonchev–Trinajstić information content (AvgIpc) is 3.21. The molecule has 5 atom stereocenters. The standard InChI is InChI=1S/C32H50O6/c1-23(2)9-6-10-24(3)11-7-12-26(22-38-20-19-34)28-15-17-32(30(28)36)29(13-8-18-33)27(25(4)21-35)14-16-31(32,5)37/h7,9,11-12,21,28-30,33-34,36-37H,3,6,8,10,13-20,22H2,1-2,4-5H3. The Kier molecular flexibility index (Phi) is 12.9. The van der Waals surface area contributed by atoms with Crippen LogP contribution in [-0.4, -0.2) is 64.8 Å². The molecule has 4 N–H and O–H groups in total. The molecule has 0 aliphatic heterocycles. The summed E-state index contributed by atoms with van der Waals surface area (Å²) >= 11 is 0. The summed E-state index contributed by atoms with van der Waals surface area (Å²) in [7, 11) is 0. The van der Waals surface area contributed by atoms with Crippen LogP contribution in [0.15, 0.2) is 58.7 Å². The van der Waals surface area contributed by atoms with Gasteiger partial charge in [0.05, 0.1) is 31.5 Å². The lowest BCUT2D eigenvalue weighted by Crippen LogP contribution is -2.59. The van der Waals surface area contributed by atoms with Crippen LogP contribution in [0.3, 0.4) is 0 Å². The van der Waals surface area contributed by atoms with E-state index in [0.717, 1.165) is 35.8 Å². The van der Waals surface area contributed by atoms with Crippen LogP contribution in [0, 0.1) is 17.3 Å². The molecule has 0 amide bonds. The highest BCUT2D eigenvalue weighted by Gasteiger charge is 2.63. The van der Waals surface area contributed by atoms with Gasteiger partial charge in [-0.05, 0) is 96.1 Å². The van der Waals surface area contributed by atoms with E-state index in [4.69, 9.17) is 4.74 Å². The Hall–Kier alpha value is -1.83. The predicted molar refractivity (Wildman–Crippen MR) is 153 cm³/mol. The molecule has 0 bridgehead atoms. The minimum absolute atomic E-state index is 0.0180. The SMILES string of the molecule is C=C(C=CC=C(COCCO)C1CCC2(C(CCCO)C(=C(C)C=O)CCC2(C)O)C1O)CCC=C(C)C. The summed E-state index contributed by atoms with van der Waals surface area (Å²) in [6, 6.07) is 0. The monoisotopic (exact) mass is 530 g/mol. The van der Waals surface area contributed by atoms with Crippen LogP contribution >= 0.6 is 0 Å². The van der Waals surface area contributed by atoms with E-state index in [0.29, 0.717) is 44.1 Å². The van der Waals surface area contributed by atoms with Crippen molar-refractivity contribution >= 4 is 6.29 Å². The molecular weight excluding hydrogens is 480 g/mol. The van der Waals surface area contributed by atoms with Gasteiger partial charge in [-0.1, -0.05) is 47.6 Å². The van der Waals surface area contributed by atoms with Crippen molar-refractivity contribution in [2.24, 2.45) is 17.3 Å². The Morgan fingerprint density at radius 2 is 1.92 bits per heavy atom. The van der Waals surface area contributed by atoms with E-state index in [-0.39, 0.29) is 38.3 Å². The second-order valence-electron chi connectivity index (χ2n) is 11.5. The van der Waals surface area contributed by atoms with Gasteiger partial charge < -0.3 is 25.2 Å². The number of hydrogen-bond acceptors (Lipinski definition) is 6. The molecule has 0 aromatic heterocycles. The van der Waals surface area contributed by atoms with Crippen molar-refractivity contribution < 1.29 is 30.0 Å². The molecule has 2 aliphatic rings. The molecule has 6 heteroatoms. The van der Waals surface area contributed by atoms with Crippen molar-refractivity contribution in [2.45, 2.75) is 90.8 Å². The maximum absolute atomic E-state index is 12.0. The van der Waals surface area contributed by atoms with Crippen molar-refractivity contribution in [1.82, 2.24) is 0 Å². The predicted octanol–water partition coefficient (Wildman–Crippen LogP) is 4.99. The first-order valence-electron chi connectivity index (χ1n) is 14.1. The Morgan fingerprint density at radius 1 is 1.18 bits per heavy atom. The van der Waals surface area contributed by atoms with Gasteiger partial charge in [-0.3, -0.25) is 4.79 Å². The Labute approximate surface area is 229 Å². The van der Waals surface area contributed by atoms with E-state index in [9.17, 15) is 25.2 Å². The van der Waals surface area contributed by atoms with E-state index in [1.807, 2.05) is 32.1 Å². The fourth-order valence-corrected chi connectivity index (χ4v) is 6.63. The van der Waals surface area contributed by atoms with Crippen LogP contribution in [0.5, 0.6) is 0 Å². The van der Waals surface area contributed by atoms with Crippen LogP contribution in [0.1, 0.15) is 79.1 Å². The molecular formula is C32H50O6. The minimum Gasteiger partial charge on any atom is -0.396 e. The van der Waals surface area contributed by atoms with Gasteiger partial charge >= 0.3 is 0 Å². The van der Waals surface area contributed by atoms with E-state index in [2.05, 4.69) is 26.5 Å². The molecule has 0 aromatic rings. The minimum atomic E-state index is -1.12. The van der Waals surface area contributed by atoms with E-state index in [1.165, 1.54) is 5.57 Å². The Bertz CT molecular complexity index is 920. The maximum Gasteiger partial charge on any atom is 0.145 e. The van der Waals surface area contributed by atoms with Crippen molar-refractivity contribution in [3.05, 3.63) is 58.7 Å². The van der Waals surface area contributed by atoms with Crippen LogP contribution in [0.4, 0.5) is 0 Å². The number of hydrogen-bond donors (Lipinski definition) is 4. The topological polar surface area (TPSA) is 107 Å². The molecule has 0 saturated heterocycles. The molecule has 6 nitrogen and oxygen atoms in total. The summed E-state index contributed by atoms with van der Waals surface area (Å²) in [6.45, 7) is 12.3. The molecule has 2 saturated carbocycles. The van der Waals surface area contributed by atoms with Crippen LogP contribution in [0.2, 0.25) is 0 Å². The molecule has 1 spiro atoms. The second-order valence-corrected chi connectivity index (χ2v) is 11.5. The van der Waals surface area contributed by atoms with Crippen molar-refractivity contribution in [3.8, 4) is 0 Å². The second kappa shape index (κ2) is 15.1. The molecule has 2 rings (SSSR count). The molecule has 2 aliphatic carbocycles. The highest BCUT2D eigenvalue weighted by Crippen LogP contribution is 2.62.